The summed E-state index contributed by atoms with van der Waals surface area (Å²) in [5, 5.41) is 0. The van der Waals surface area contributed by atoms with Crippen molar-refractivity contribution < 1.29 is 0 Å². The number of nitrogens with two attached hydrogens (primary N) is 1. The van der Waals surface area contributed by atoms with E-state index in [1.165, 1.54) is 31.6 Å². The molecular weight excluding hydrogens is 290 g/mol. The molecule has 4 heteroatoms. The summed E-state index contributed by atoms with van der Waals surface area (Å²) in [4.78, 5) is 5.05. The molecule has 1 aliphatic rings. The van der Waals surface area contributed by atoms with E-state index in [1.54, 1.807) is 0 Å². The maximum Gasteiger partial charge on any atom is 0.0328 e. The molecule has 1 saturated heterocycles. The molecule has 0 amide bonds. The van der Waals surface area contributed by atoms with Gasteiger partial charge in [-0.25, -0.2) is 0 Å². The molecule has 0 saturated carbocycles. The van der Waals surface area contributed by atoms with E-state index in [2.05, 4.69) is 44.8 Å². The smallest absolute Gasteiger partial charge is 0.0328 e. The zero-order chi connectivity index (χ0) is 13.0. The van der Waals surface area contributed by atoms with Crippen LogP contribution >= 0.6 is 15.9 Å². The quantitative estimate of drug-likeness (QED) is 0.867. The van der Waals surface area contributed by atoms with Crippen molar-refractivity contribution in [2.24, 2.45) is 0 Å². The first kappa shape index (κ1) is 13.8. The lowest BCUT2D eigenvalue weighted by molar-refractivity contribution is 0.127. The summed E-state index contributed by atoms with van der Waals surface area (Å²) in [6, 6.07) is 6.18. The molecule has 1 heterocycles. The largest absolute Gasteiger partial charge is 0.399 e. The summed E-state index contributed by atoms with van der Waals surface area (Å²) in [7, 11) is 0. The van der Waals surface area contributed by atoms with Gasteiger partial charge in [0, 0.05) is 42.9 Å². The predicted molar refractivity (Wildman–Crippen MR) is 80.6 cm³/mol. The van der Waals surface area contributed by atoms with Gasteiger partial charge in [0.15, 0.2) is 0 Å². The lowest BCUT2D eigenvalue weighted by atomic mass is 10.1. The molecule has 0 atom stereocenters. The summed E-state index contributed by atoms with van der Waals surface area (Å²) in [6.07, 6.45) is 1.25. The number of nitrogens with zero attached hydrogens (tertiary/aromatic N) is 2. The molecule has 1 fully saturated rings. The minimum Gasteiger partial charge on any atom is -0.399 e. The second-order valence-electron chi connectivity index (χ2n) is 5.01. The van der Waals surface area contributed by atoms with Crippen LogP contribution in [0.2, 0.25) is 0 Å². The van der Waals surface area contributed by atoms with E-state index in [0.717, 1.165) is 29.8 Å². The van der Waals surface area contributed by atoms with Crippen molar-refractivity contribution in [3.63, 3.8) is 0 Å². The van der Waals surface area contributed by atoms with Crippen molar-refractivity contribution >= 4 is 21.6 Å². The molecule has 2 N–H and O–H groups in total. The normalized spacial score (nSPS) is 18.1. The lowest BCUT2D eigenvalue weighted by Crippen LogP contribution is -2.45. The maximum atomic E-state index is 5.87. The van der Waals surface area contributed by atoms with E-state index in [0.29, 0.717) is 0 Å². The van der Waals surface area contributed by atoms with E-state index in [1.807, 2.05) is 6.07 Å². The van der Waals surface area contributed by atoms with Crippen LogP contribution in [0.4, 0.5) is 5.69 Å². The molecule has 2 rings (SSSR count). The summed E-state index contributed by atoms with van der Waals surface area (Å²) in [5.74, 6) is 0. The van der Waals surface area contributed by atoms with Crippen molar-refractivity contribution in [2.75, 3.05) is 38.5 Å². The fraction of sp³-hybridized carbons (Fsp3) is 0.571. The van der Waals surface area contributed by atoms with Crippen LogP contribution in [-0.4, -0.2) is 42.5 Å². The third kappa shape index (κ3) is 3.97. The van der Waals surface area contributed by atoms with Crippen LogP contribution in [-0.2, 0) is 6.54 Å². The number of hydrogen-bond acceptors (Lipinski definition) is 3. The number of rotatable bonds is 4. The van der Waals surface area contributed by atoms with E-state index in [4.69, 9.17) is 5.73 Å². The van der Waals surface area contributed by atoms with Crippen LogP contribution in [0.25, 0.3) is 0 Å². The molecule has 0 unspecified atom stereocenters. The molecule has 0 radical (unpaired) electrons. The molecule has 1 aromatic carbocycles. The Kier molecular flexibility index (Phi) is 5.03. The van der Waals surface area contributed by atoms with Gasteiger partial charge in [-0.2, -0.15) is 0 Å². The average Bonchev–Trinajstić information content (AvgIpc) is 2.31. The second-order valence-corrected chi connectivity index (χ2v) is 5.93. The van der Waals surface area contributed by atoms with Crippen LogP contribution in [0.1, 0.15) is 18.9 Å². The Morgan fingerprint density at radius 3 is 2.39 bits per heavy atom. The van der Waals surface area contributed by atoms with Gasteiger partial charge < -0.3 is 10.6 Å². The van der Waals surface area contributed by atoms with Gasteiger partial charge >= 0.3 is 0 Å². The number of benzene rings is 1. The molecule has 0 aromatic heterocycles. The first-order chi connectivity index (χ1) is 8.67. The number of anilines is 1. The Labute approximate surface area is 118 Å². The van der Waals surface area contributed by atoms with Gasteiger partial charge in [0.05, 0.1) is 0 Å². The Hall–Kier alpha value is -0.580. The van der Waals surface area contributed by atoms with Crippen LogP contribution in [0.3, 0.4) is 0 Å². The lowest BCUT2D eigenvalue weighted by Gasteiger charge is -2.34. The minimum absolute atomic E-state index is 0.837. The Morgan fingerprint density at radius 1 is 1.11 bits per heavy atom. The van der Waals surface area contributed by atoms with Crippen molar-refractivity contribution in [3.8, 4) is 0 Å². The third-order valence-corrected chi connectivity index (χ3v) is 3.85. The van der Waals surface area contributed by atoms with Gasteiger partial charge in [0.2, 0.25) is 0 Å². The first-order valence-corrected chi connectivity index (χ1v) is 7.46. The predicted octanol–water partition coefficient (Wildman–Crippen LogP) is 2.56. The maximum absolute atomic E-state index is 5.87. The SMILES string of the molecule is CCCN1CCN(Cc2cc(N)cc(Br)c2)CC1. The minimum atomic E-state index is 0.837. The van der Waals surface area contributed by atoms with E-state index in [-0.39, 0.29) is 0 Å². The van der Waals surface area contributed by atoms with Gasteiger partial charge in [-0.05, 0) is 36.7 Å². The van der Waals surface area contributed by atoms with Crippen molar-refractivity contribution in [3.05, 3.63) is 28.2 Å². The molecule has 100 valence electrons. The van der Waals surface area contributed by atoms with Crippen LogP contribution in [0.5, 0.6) is 0 Å². The number of halogens is 1. The Balaban J connectivity index is 1.87. The van der Waals surface area contributed by atoms with E-state index in [9.17, 15) is 0 Å². The molecule has 1 aromatic rings. The molecule has 18 heavy (non-hydrogen) atoms. The van der Waals surface area contributed by atoms with Gasteiger partial charge in [-0.1, -0.05) is 22.9 Å². The highest BCUT2D eigenvalue weighted by Crippen LogP contribution is 2.19. The second kappa shape index (κ2) is 6.55. The highest BCUT2D eigenvalue weighted by atomic mass is 79.9. The van der Waals surface area contributed by atoms with E-state index < -0.39 is 0 Å². The zero-order valence-electron chi connectivity index (χ0n) is 11.0. The summed E-state index contributed by atoms with van der Waals surface area (Å²) < 4.78 is 1.07. The summed E-state index contributed by atoms with van der Waals surface area (Å²) >= 11 is 3.50. The summed E-state index contributed by atoms with van der Waals surface area (Å²) in [6.45, 7) is 9.19. The number of hydrogen-bond donors (Lipinski definition) is 1. The zero-order valence-corrected chi connectivity index (χ0v) is 12.6. The number of nitrogen functional groups attached to an aromatic ring is 1. The highest BCUT2D eigenvalue weighted by Gasteiger charge is 2.16. The summed E-state index contributed by atoms with van der Waals surface area (Å²) in [5.41, 5.74) is 8.00. The molecule has 0 spiro atoms. The number of piperazine rings is 1. The van der Waals surface area contributed by atoms with Crippen molar-refractivity contribution in [1.82, 2.24) is 9.80 Å². The molecule has 3 nitrogen and oxygen atoms in total. The third-order valence-electron chi connectivity index (χ3n) is 3.39. The Bertz CT molecular complexity index is 366. The Morgan fingerprint density at radius 2 is 1.78 bits per heavy atom. The molecular formula is C14H22BrN3. The van der Waals surface area contributed by atoms with Gasteiger partial charge in [0.25, 0.3) is 0 Å². The fourth-order valence-electron chi connectivity index (χ4n) is 2.51. The van der Waals surface area contributed by atoms with Crippen LogP contribution in [0, 0.1) is 0 Å². The molecule has 0 aliphatic carbocycles. The average molecular weight is 312 g/mol. The topological polar surface area (TPSA) is 32.5 Å². The van der Waals surface area contributed by atoms with Crippen molar-refractivity contribution in [1.29, 1.82) is 0 Å². The van der Waals surface area contributed by atoms with Crippen LogP contribution in [0.15, 0.2) is 22.7 Å². The first-order valence-electron chi connectivity index (χ1n) is 6.67. The van der Waals surface area contributed by atoms with Crippen molar-refractivity contribution in [2.45, 2.75) is 19.9 Å². The fourth-order valence-corrected chi connectivity index (χ4v) is 3.07. The monoisotopic (exact) mass is 311 g/mol. The van der Waals surface area contributed by atoms with Gasteiger partial charge in [-0.15, -0.1) is 0 Å². The molecule has 1 aliphatic heterocycles. The van der Waals surface area contributed by atoms with Gasteiger partial charge in [0.1, 0.15) is 0 Å². The van der Waals surface area contributed by atoms with E-state index >= 15 is 0 Å². The van der Waals surface area contributed by atoms with Gasteiger partial charge in [-0.3, -0.25) is 4.90 Å². The standard InChI is InChI=1S/C14H22BrN3/c1-2-3-17-4-6-18(7-5-17)11-12-8-13(15)10-14(16)9-12/h8-10H,2-7,11,16H2,1H3. The molecule has 0 bridgehead atoms. The van der Waals surface area contributed by atoms with Crippen LogP contribution < -0.4 is 5.73 Å². The highest BCUT2D eigenvalue weighted by molar-refractivity contribution is 9.10.